The Hall–Kier alpha value is -3.78. The normalized spacial score (nSPS) is 17.3. The van der Waals surface area contributed by atoms with Gasteiger partial charge in [-0.05, 0) is 49.9 Å². The van der Waals surface area contributed by atoms with Gasteiger partial charge in [-0.3, -0.25) is 9.59 Å². The Morgan fingerprint density at radius 1 is 1.03 bits per heavy atom. The number of amides is 2. The summed E-state index contributed by atoms with van der Waals surface area (Å²) in [5, 5.41) is 11.8. The van der Waals surface area contributed by atoms with Gasteiger partial charge in [0.05, 0.1) is 16.8 Å². The summed E-state index contributed by atoms with van der Waals surface area (Å²) in [6, 6.07) is 16.9. The van der Waals surface area contributed by atoms with Crippen molar-refractivity contribution < 1.29 is 14.0 Å². The standard InChI is InChI=1S/C27H25FN4O2S/c1-16-6-2-4-8-22(16)31-25-23(32-27(34)21-15-35-24-9-5-3-7-20(21)24)12-17(14-29-25)26(33)30-19-11-10-18(28)13-19/h2-9,12,14-15,18-19H,10-11,13H2,1H3,(H,29,31)(H,30,33)(H,32,34)/t18-,19-/m1/s1. The third kappa shape index (κ3) is 5.02. The summed E-state index contributed by atoms with van der Waals surface area (Å²) >= 11 is 1.50. The van der Waals surface area contributed by atoms with Crippen molar-refractivity contribution in [2.45, 2.75) is 38.4 Å². The van der Waals surface area contributed by atoms with E-state index in [1.165, 1.54) is 17.5 Å². The highest BCUT2D eigenvalue weighted by molar-refractivity contribution is 7.17. The number of thiophene rings is 1. The molecule has 2 atom stereocenters. The summed E-state index contributed by atoms with van der Waals surface area (Å²) < 4.78 is 14.6. The van der Waals surface area contributed by atoms with Crippen LogP contribution < -0.4 is 16.0 Å². The number of aryl methyl sites for hydroxylation is 1. The summed E-state index contributed by atoms with van der Waals surface area (Å²) in [4.78, 5) is 30.6. The fourth-order valence-electron chi connectivity index (χ4n) is 4.29. The van der Waals surface area contributed by atoms with E-state index in [-0.39, 0.29) is 17.9 Å². The van der Waals surface area contributed by atoms with Gasteiger partial charge in [0.15, 0.2) is 5.82 Å². The smallest absolute Gasteiger partial charge is 0.257 e. The van der Waals surface area contributed by atoms with Crippen LogP contribution in [0, 0.1) is 6.92 Å². The number of alkyl halides is 1. The summed E-state index contributed by atoms with van der Waals surface area (Å²) in [6.07, 6.45) is 1.98. The number of nitrogens with zero attached hydrogens (tertiary/aromatic N) is 1. The molecule has 0 unspecified atom stereocenters. The SMILES string of the molecule is Cc1ccccc1Nc1ncc(C(=O)N[C@@H]2CC[C@@H](F)C2)cc1NC(=O)c1csc2ccccc12. The Bertz CT molecular complexity index is 1400. The first-order valence-electron chi connectivity index (χ1n) is 11.5. The maximum absolute atomic E-state index is 13.6. The first-order valence-corrected chi connectivity index (χ1v) is 12.4. The van der Waals surface area contributed by atoms with E-state index in [2.05, 4.69) is 20.9 Å². The second-order valence-corrected chi connectivity index (χ2v) is 9.65. The third-order valence-corrected chi connectivity index (χ3v) is 7.19. The fraction of sp³-hybridized carbons (Fsp3) is 0.222. The van der Waals surface area contributed by atoms with E-state index >= 15 is 0 Å². The number of carbonyl (C=O) groups is 2. The van der Waals surface area contributed by atoms with Crippen LogP contribution in [-0.4, -0.2) is 29.0 Å². The van der Waals surface area contributed by atoms with Crippen LogP contribution in [0.1, 0.15) is 45.5 Å². The lowest BCUT2D eigenvalue weighted by atomic mass is 10.1. The van der Waals surface area contributed by atoms with Crippen LogP contribution >= 0.6 is 11.3 Å². The van der Waals surface area contributed by atoms with Crippen molar-refractivity contribution in [1.29, 1.82) is 0 Å². The van der Waals surface area contributed by atoms with Crippen LogP contribution in [0.25, 0.3) is 10.1 Å². The molecule has 6 nitrogen and oxygen atoms in total. The van der Waals surface area contributed by atoms with Crippen LogP contribution in [0.5, 0.6) is 0 Å². The number of para-hydroxylation sites is 1. The first-order chi connectivity index (χ1) is 17.0. The van der Waals surface area contributed by atoms with Gasteiger partial charge in [0.1, 0.15) is 6.17 Å². The highest BCUT2D eigenvalue weighted by atomic mass is 32.1. The quantitative estimate of drug-likeness (QED) is 0.301. The topological polar surface area (TPSA) is 83.1 Å². The number of nitrogens with one attached hydrogen (secondary N) is 3. The molecule has 0 spiro atoms. The number of benzene rings is 2. The van der Waals surface area contributed by atoms with Gasteiger partial charge in [-0.2, -0.15) is 0 Å². The molecular weight excluding hydrogens is 463 g/mol. The van der Waals surface area contributed by atoms with E-state index in [1.807, 2.05) is 60.8 Å². The number of pyridine rings is 1. The summed E-state index contributed by atoms with van der Waals surface area (Å²) in [5.41, 5.74) is 3.10. The number of anilines is 3. The van der Waals surface area contributed by atoms with Gasteiger partial charge < -0.3 is 16.0 Å². The zero-order valence-corrected chi connectivity index (χ0v) is 20.0. The van der Waals surface area contributed by atoms with Crippen molar-refractivity contribution in [2.75, 3.05) is 10.6 Å². The Morgan fingerprint density at radius 2 is 1.83 bits per heavy atom. The maximum atomic E-state index is 13.6. The Balaban J connectivity index is 1.45. The average molecular weight is 489 g/mol. The number of carbonyl (C=O) groups excluding carboxylic acids is 2. The molecule has 0 bridgehead atoms. The van der Waals surface area contributed by atoms with Crippen molar-refractivity contribution in [2.24, 2.45) is 0 Å². The molecule has 0 aliphatic heterocycles. The summed E-state index contributed by atoms with van der Waals surface area (Å²) in [6.45, 7) is 1.97. The van der Waals surface area contributed by atoms with Gasteiger partial charge in [0, 0.05) is 33.4 Å². The number of aromatic nitrogens is 1. The zero-order valence-electron chi connectivity index (χ0n) is 19.2. The van der Waals surface area contributed by atoms with E-state index in [0.717, 1.165) is 21.3 Å². The summed E-state index contributed by atoms with van der Waals surface area (Å²) in [5.74, 6) is -0.199. The van der Waals surface area contributed by atoms with Gasteiger partial charge in [0.2, 0.25) is 0 Å². The van der Waals surface area contributed by atoms with Crippen LogP contribution in [0.3, 0.4) is 0 Å². The van der Waals surface area contributed by atoms with Crippen molar-refractivity contribution in [3.05, 3.63) is 82.9 Å². The monoisotopic (exact) mass is 488 g/mol. The Morgan fingerprint density at radius 3 is 2.63 bits per heavy atom. The average Bonchev–Trinajstić information content (AvgIpc) is 3.47. The number of halogens is 1. The minimum atomic E-state index is -0.880. The van der Waals surface area contributed by atoms with E-state index in [1.54, 1.807) is 6.07 Å². The zero-order chi connectivity index (χ0) is 24.4. The lowest BCUT2D eigenvalue weighted by Gasteiger charge is -2.16. The molecule has 2 aromatic heterocycles. The largest absolute Gasteiger partial charge is 0.349 e. The molecule has 5 rings (SSSR count). The van der Waals surface area contributed by atoms with E-state index in [9.17, 15) is 14.0 Å². The Labute approximate surface area is 206 Å². The second-order valence-electron chi connectivity index (χ2n) is 8.74. The molecule has 1 aliphatic carbocycles. The minimum Gasteiger partial charge on any atom is -0.349 e. The molecule has 2 amide bonds. The molecule has 0 radical (unpaired) electrons. The molecule has 3 N–H and O–H groups in total. The molecule has 35 heavy (non-hydrogen) atoms. The van der Waals surface area contributed by atoms with E-state index in [0.29, 0.717) is 41.9 Å². The fourth-order valence-corrected chi connectivity index (χ4v) is 5.24. The van der Waals surface area contributed by atoms with Crippen molar-refractivity contribution in [3.8, 4) is 0 Å². The Kier molecular flexibility index (Phi) is 6.46. The third-order valence-electron chi connectivity index (χ3n) is 6.23. The van der Waals surface area contributed by atoms with Gasteiger partial charge in [-0.25, -0.2) is 9.37 Å². The highest BCUT2D eigenvalue weighted by Crippen LogP contribution is 2.30. The molecule has 0 saturated heterocycles. The van der Waals surface area contributed by atoms with Crippen LogP contribution in [0.4, 0.5) is 21.6 Å². The number of hydrogen-bond acceptors (Lipinski definition) is 5. The van der Waals surface area contributed by atoms with Crippen LogP contribution in [0.15, 0.2) is 66.2 Å². The number of rotatable bonds is 6. The maximum Gasteiger partial charge on any atom is 0.257 e. The molecular formula is C27H25FN4O2S. The van der Waals surface area contributed by atoms with Crippen molar-refractivity contribution in [1.82, 2.24) is 10.3 Å². The van der Waals surface area contributed by atoms with Gasteiger partial charge in [-0.15, -0.1) is 11.3 Å². The molecule has 1 saturated carbocycles. The minimum absolute atomic E-state index is 0.197. The molecule has 1 fully saturated rings. The van der Waals surface area contributed by atoms with Crippen LogP contribution in [0.2, 0.25) is 0 Å². The van der Waals surface area contributed by atoms with Gasteiger partial charge in [0.25, 0.3) is 11.8 Å². The molecule has 2 heterocycles. The molecule has 4 aromatic rings. The lowest BCUT2D eigenvalue weighted by Crippen LogP contribution is -2.33. The number of fused-ring (bicyclic) bond motifs is 1. The van der Waals surface area contributed by atoms with Gasteiger partial charge in [-0.1, -0.05) is 36.4 Å². The molecule has 8 heteroatoms. The second kappa shape index (κ2) is 9.84. The number of hydrogen-bond donors (Lipinski definition) is 3. The molecule has 2 aromatic carbocycles. The van der Waals surface area contributed by atoms with E-state index in [4.69, 9.17) is 0 Å². The predicted octanol–water partition coefficient (Wildman–Crippen LogP) is 6.22. The first kappa shape index (κ1) is 23.0. The lowest BCUT2D eigenvalue weighted by molar-refractivity contribution is 0.0935. The van der Waals surface area contributed by atoms with E-state index < -0.39 is 6.17 Å². The molecule has 1 aliphatic rings. The summed E-state index contributed by atoms with van der Waals surface area (Å²) in [7, 11) is 0. The molecule has 178 valence electrons. The predicted molar refractivity (Wildman–Crippen MR) is 138 cm³/mol. The van der Waals surface area contributed by atoms with Crippen molar-refractivity contribution >= 4 is 50.4 Å². The highest BCUT2D eigenvalue weighted by Gasteiger charge is 2.26. The van der Waals surface area contributed by atoms with Crippen LogP contribution in [-0.2, 0) is 0 Å². The van der Waals surface area contributed by atoms with Gasteiger partial charge >= 0.3 is 0 Å². The van der Waals surface area contributed by atoms with Crippen molar-refractivity contribution in [3.63, 3.8) is 0 Å².